The maximum Gasteiger partial charge on any atom is 0.139 e. The van der Waals surface area contributed by atoms with Gasteiger partial charge in [0.25, 0.3) is 0 Å². The Labute approximate surface area is 245 Å². The van der Waals surface area contributed by atoms with Gasteiger partial charge in [0.05, 0.1) is 43.2 Å². The van der Waals surface area contributed by atoms with Gasteiger partial charge in [-0.25, -0.2) is 0 Å². The van der Waals surface area contributed by atoms with Crippen LogP contribution in [0.4, 0.5) is 0 Å². The zero-order chi connectivity index (χ0) is 29.7. The molecule has 0 aromatic rings. The third kappa shape index (κ3) is 7.88. The fraction of sp³-hybridized carbons (Fsp3) is 0.968. The number of nitrogens with two attached hydrogens (primary N) is 2. The summed E-state index contributed by atoms with van der Waals surface area (Å²) in [5.41, 5.74) is 5.90. The molecule has 4 aliphatic rings. The van der Waals surface area contributed by atoms with Gasteiger partial charge in [0.15, 0.2) is 0 Å². The van der Waals surface area contributed by atoms with E-state index in [2.05, 4.69) is 5.32 Å². The summed E-state index contributed by atoms with van der Waals surface area (Å²) in [6.07, 6.45) is 4.69. The van der Waals surface area contributed by atoms with Crippen LogP contribution in [0, 0.1) is 29.1 Å². The van der Waals surface area contributed by atoms with Gasteiger partial charge in [0.1, 0.15) is 18.1 Å². The Balaban J connectivity index is 1.51. The van der Waals surface area contributed by atoms with Gasteiger partial charge in [-0.1, -0.05) is 0 Å². The average Bonchev–Trinajstić information content (AvgIpc) is 3.35. The summed E-state index contributed by atoms with van der Waals surface area (Å²) < 4.78 is 10.9. The second-order valence-electron chi connectivity index (χ2n) is 13.9. The Morgan fingerprint density at radius 1 is 0.927 bits per heavy atom. The van der Waals surface area contributed by atoms with Crippen molar-refractivity contribution in [3.8, 4) is 0 Å². The summed E-state index contributed by atoms with van der Waals surface area (Å²) in [6.45, 7) is 0.879. The maximum atomic E-state index is 14.3. The van der Waals surface area contributed by atoms with Crippen molar-refractivity contribution < 1.29 is 45.1 Å². The summed E-state index contributed by atoms with van der Waals surface area (Å²) >= 11 is 0. The first-order chi connectivity index (χ1) is 19.6. The molecule has 0 aromatic carbocycles. The number of rotatable bonds is 12. The smallest absolute Gasteiger partial charge is 0.139 e. The van der Waals surface area contributed by atoms with Crippen LogP contribution >= 0.6 is 0 Å². The Bertz CT molecular complexity index is 834. The number of quaternary nitrogens is 1. The first kappa shape index (κ1) is 33.2. The number of aliphatic hydroxyl groups is 5. The lowest BCUT2D eigenvalue weighted by atomic mass is 9.58. The number of carbonyl (C=O) groups is 1. The predicted octanol–water partition coefficient (Wildman–Crippen LogP) is 0.205. The second-order valence-corrected chi connectivity index (χ2v) is 13.9. The first-order valence-electron chi connectivity index (χ1n) is 16.1. The molecule has 3 saturated carbocycles. The maximum absolute atomic E-state index is 14.3. The molecule has 9 N–H and O–H groups in total. The minimum Gasteiger partial charge on any atom is -0.393 e. The van der Waals surface area contributed by atoms with E-state index in [4.69, 9.17) is 15.2 Å². The molecule has 9 unspecified atom stereocenters. The van der Waals surface area contributed by atoms with Crippen molar-refractivity contribution in [2.24, 2.45) is 34.8 Å². The number of ether oxygens (including phenoxy) is 2. The quantitative estimate of drug-likeness (QED) is 0.168. The summed E-state index contributed by atoms with van der Waals surface area (Å²) in [6, 6.07) is 0. The molecule has 238 valence electrons. The Hall–Kier alpha value is -0.690. The molecular weight excluding hydrogens is 528 g/mol. The largest absolute Gasteiger partial charge is 0.393 e. The van der Waals surface area contributed by atoms with E-state index >= 15 is 0 Å². The van der Waals surface area contributed by atoms with E-state index in [1.54, 1.807) is 7.11 Å². The van der Waals surface area contributed by atoms with E-state index in [-0.39, 0.29) is 36.3 Å². The van der Waals surface area contributed by atoms with Crippen LogP contribution < -0.4 is 11.1 Å². The van der Waals surface area contributed by atoms with Crippen LogP contribution in [-0.2, 0) is 14.3 Å². The molecule has 0 amide bonds. The number of hydrogen-bond donors (Lipinski definition) is 7. The molecule has 1 saturated heterocycles. The lowest BCUT2D eigenvalue weighted by Gasteiger charge is -2.47. The molecule has 0 spiro atoms. The Kier molecular flexibility index (Phi) is 12.0. The minimum atomic E-state index is -0.921. The zero-order valence-electron chi connectivity index (χ0n) is 25.2. The fourth-order valence-corrected chi connectivity index (χ4v) is 9.03. The van der Waals surface area contributed by atoms with Crippen molar-refractivity contribution in [3.05, 3.63) is 0 Å². The summed E-state index contributed by atoms with van der Waals surface area (Å²) in [7, 11) is 3.16. The van der Waals surface area contributed by atoms with E-state index in [1.807, 2.05) is 0 Å². The standard InChI is InChI=1S/C31H56N2O8/c1-40-26-14-18(3-6-22(26)35)4-7-23(36)29(24(37)8-5-19-13-25(38)30(39)27(15-19)41-2)31(11-9-21(34)17-31)20-10-12-33-28(32)16-20/h18-23,25-30,33-36,38-39H,3-17,32H2,1-2H3/p+1/t18?,19?,20?,21-,22?,23-,25?,26?,27?,28?,29-,30?,31-/m1/s1. The van der Waals surface area contributed by atoms with Gasteiger partial charge in [-0.3, -0.25) is 10.5 Å². The lowest BCUT2D eigenvalue weighted by Crippen LogP contribution is -2.95. The highest BCUT2D eigenvalue weighted by Gasteiger charge is 2.55. The predicted molar refractivity (Wildman–Crippen MR) is 152 cm³/mol. The highest BCUT2D eigenvalue weighted by atomic mass is 16.5. The van der Waals surface area contributed by atoms with Crippen LogP contribution in [0.5, 0.6) is 0 Å². The van der Waals surface area contributed by atoms with Crippen molar-refractivity contribution >= 4 is 5.78 Å². The summed E-state index contributed by atoms with van der Waals surface area (Å²) in [5, 5.41) is 55.7. The second kappa shape index (κ2) is 14.9. The fourth-order valence-electron chi connectivity index (χ4n) is 9.03. The van der Waals surface area contributed by atoms with Gasteiger partial charge in [0.2, 0.25) is 0 Å². The van der Waals surface area contributed by atoms with Crippen molar-refractivity contribution in [3.63, 3.8) is 0 Å². The average molecular weight is 586 g/mol. The van der Waals surface area contributed by atoms with Crippen molar-refractivity contribution in [2.45, 2.75) is 139 Å². The number of methoxy groups -OCH3 is 2. The molecule has 10 nitrogen and oxygen atoms in total. The number of Topliss-reactive ketones (excluding diaryl/α,β-unsaturated/α-hetero) is 1. The molecule has 0 radical (unpaired) electrons. The van der Waals surface area contributed by atoms with E-state index in [1.165, 1.54) is 7.11 Å². The van der Waals surface area contributed by atoms with Crippen LogP contribution in [-0.4, -0.2) is 101 Å². The molecule has 4 fully saturated rings. The minimum absolute atomic E-state index is 0.0399. The highest BCUT2D eigenvalue weighted by molar-refractivity contribution is 5.82. The monoisotopic (exact) mass is 585 g/mol. The molecule has 0 bridgehead atoms. The van der Waals surface area contributed by atoms with E-state index < -0.39 is 48.0 Å². The van der Waals surface area contributed by atoms with Gasteiger partial charge < -0.3 is 40.3 Å². The van der Waals surface area contributed by atoms with E-state index in [0.29, 0.717) is 57.3 Å². The first-order valence-corrected chi connectivity index (χ1v) is 16.1. The van der Waals surface area contributed by atoms with Gasteiger partial charge in [-0.2, -0.15) is 0 Å². The molecule has 10 heteroatoms. The number of piperidine rings is 1. The molecule has 1 heterocycles. The third-order valence-corrected chi connectivity index (χ3v) is 11.3. The van der Waals surface area contributed by atoms with Crippen molar-refractivity contribution in [2.75, 3.05) is 20.8 Å². The van der Waals surface area contributed by atoms with Crippen LogP contribution in [0.2, 0.25) is 0 Å². The molecule has 13 atom stereocenters. The van der Waals surface area contributed by atoms with Crippen LogP contribution in [0.1, 0.15) is 89.9 Å². The molecule has 3 aliphatic carbocycles. The SMILES string of the molecule is COC1CC(CC[C@@H](O)[C@H](C(=O)CCC2CC(O)C(O)C(OC)C2)[C@]2(C3CC[NH2+]C(N)C3)CC[C@@H](O)C2)CCC1O. The van der Waals surface area contributed by atoms with Gasteiger partial charge in [0, 0.05) is 39.4 Å². The normalized spacial score (nSPS) is 43.5. The van der Waals surface area contributed by atoms with Gasteiger partial charge >= 0.3 is 0 Å². The molecule has 41 heavy (non-hydrogen) atoms. The highest BCUT2D eigenvalue weighted by Crippen LogP contribution is 2.55. The van der Waals surface area contributed by atoms with E-state index in [9.17, 15) is 30.3 Å². The topological polar surface area (TPSA) is 179 Å². The zero-order valence-corrected chi connectivity index (χ0v) is 25.2. The molecule has 1 aliphatic heterocycles. The van der Waals surface area contributed by atoms with Crippen LogP contribution in [0.25, 0.3) is 0 Å². The summed E-state index contributed by atoms with van der Waals surface area (Å²) in [4.78, 5) is 14.3. The van der Waals surface area contributed by atoms with Crippen molar-refractivity contribution in [1.82, 2.24) is 0 Å². The molecular formula is C31H57N2O8+. The van der Waals surface area contributed by atoms with Gasteiger partial charge in [-0.05, 0) is 93.8 Å². The van der Waals surface area contributed by atoms with Gasteiger partial charge in [-0.15, -0.1) is 0 Å². The molecule has 0 aromatic heterocycles. The third-order valence-electron chi connectivity index (χ3n) is 11.3. The summed E-state index contributed by atoms with van der Waals surface area (Å²) in [5.74, 6) is -0.0199. The Morgan fingerprint density at radius 3 is 2.32 bits per heavy atom. The van der Waals surface area contributed by atoms with Crippen LogP contribution in [0.15, 0.2) is 0 Å². The lowest BCUT2D eigenvalue weighted by molar-refractivity contribution is -0.700. The number of ketones is 1. The number of carbonyl (C=O) groups excluding carboxylic acids is 1. The Morgan fingerprint density at radius 2 is 1.66 bits per heavy atom. The molecule has 4 rings (SSSR count). The number of aliphatic hydroxyl groups excluding tert-OH is 5. The van der Waals surface area contributed by atoms with E-state index in [0.717, 1.165) is 38.6 Å². The van der Waals surface area contributed by atoms with Crippen molar-refractivity contribution in [1.29, 1.82) is 0 Å². The number of hydrogen-bond acceptors (Lipinski definition) is 9. The van der Waals surface area contributed by atoms with Crippen LogP contribution in [0.3, 0.4) is 0 Å².